The minimum atomic E-state index is 0.684. The number of aromatic nitrogens is 3. The fraction of sp³-hybridized carbons (Fsp3) is 0.267. The summed E-state index contributed by atoms with van der Waals surface area (Å²) in [4.78, 5) is 6.93. The molecule has 5 nitrogen and oxygen atoms in total. The van der Waals surface area contributed by atoms with Gasteiger partial charge in [0.05, 0.1) is 13.2 Å². The van der Waals surface area contributed by atoms with Crippen molar-refractivity contribution in [3.8, 4) is 22.5 Å². The zero-order valence-corrected chi connectivity index (χ0v) is 13.4. The predicted octanol–water partition coefficient (Wildman–Crippen LogP) is 3.17. The van der Waals surface area contributed by atoms with Gasteiger partial charge in [0, 0.05) is 35.0 Å². The van der Waals surface area contributed by atoms with E-state index in [4.69, 9.17) is 9.72 Å². The van der Waals surface area contributed by atoms with Gasteiger partial charge in [0.25, 0.3) is 0 Å². The Hall–Kier alpha value is -1.83. The second-order valence-corrected chi connectivity index (χ2v) is 6.49. The number of ether oxygens (including phenoxy) is 1. The average Bonchev–Trinajstić information content (AvgIpc) is 3.29. The van der Waals surface area contributed by atoms with Gasteiger partial charge in [-0.3, -0.25) is 0 Å². The Morgan fingerprint density at radius 2 is 1.59 bits per heavy atom. The Labute approximate surface area is 136 Å². The number of thiophene rings is 2. The largest absolute Gasteiger partial charge is 0.378 e. The van der Waals surface area contributed by atoms with Gasteiger partial charge < -0.3 is 9.64 Å². The van der Waals surface area contributed by atoms with E-state index in [1.807, 2.05) is 5.38 Å². The fourth-order valence-corrected chi connectivity index (χ4v) is 3.69. The highest BCUT2D eigenvalue weighted by atomic mass is 32.1. The highest BCUT2D eigenvalue weighted by Gasteiger charge is 2.19. The van der Waals surface area contributed by atoms with Crippen LogP contribution in [0.1, 0.15) is 0 Å². The smallest absolute Gasteiger partial charge is 0.246 e. The van der Waals surface area contributed by atoms with Crippen molar-refractivity contribution in [3.05, 3.63) is 33.7 Å². The number of morpholine rings is 1. The van der Waals surface area contributed by atoms with Crippen LogP contribution in [0.3, 0.4) is 0 Å². The first-order chi connectivity index (χ1) is 10.9. The van der Waals surface area contributed by atoms with Gasteiger partial charge in [-0.1, -0.05) is 0 Å². The van der Waals surface area contributed by atoms with Crippen LogP contribution in [0.4, 0.5) is 5.95 Å². The quantitative estimate of drug-likeness (QED) is 0.738. The van der Waals surface area contributed by atoms with Gasteiger partial charge in [-0.25, -0.2) is 4.98 Å². The van der Waals surface area contributed by atoms with E-state index in [1.165, 1.54) is 0 Å². The minimum absolute atomic E-state index is 0.684. The van der Waals surface area contributed by atoms with Gasteiger partial charge in [0.2, 0.25) is 5.95 Å². The number of hydrogen-bond acceptors (Lipinski definition) is 7. The zero-order chi connectivity index (χ0) is 14.8. The molecule has 0 N–H and O–H groups in total. The molecule has 0 aromatic carbocycles. The molecule has 0 unspecified atom stereocenters. The summed E-state index contributed by atoms with van der Waals surface area (Å²) in [6.45, 7) is 3.04. The van der Waals surface area contributed by atoms with Crippen LogP contribution in [-0.4, -0.2) is 41.5 Å². The molecule has 1 fully saturated rings. The Bertz CT molecular complexity index is 737. The van der Waals surface area contributed by atoms with Gasteiger partial charge in [0.15, 0.2) is 0 Å². The maximum absolute atomic E-state index is 5.39. The fourth-order valence-electron chi connectivity index (χ4n) is 2.41. The van der Waals surface area contributed by atoms with Crippen molar-refractivity contribution in [2.45, 2.75) is 0 Å². The molecule has 7 heteroatoms. The van der Waals surface area contributed by atoms with Crippen LogP contribution in [0.2, 0.25) is 0 Å². The third-order valence-corrected chi connectivity index (χ3v) is 4.93. The molecule has 0 spiro atoms. The van der Waals surface area contributed by atoms with Crippen LogP contribution in [0.15, 0.2) is 33.7 Å². The monoisotopic (exact) mass is 330 g/mol. The van der Waals surface area contributed by atoms with Gasteiger partial charge >= 0.3 is 0 Å². The molecular weight excluding hydrogens is 316 g/mol. The third-order valence-electron chi connectivity index (χ3n) is 3.56. The lowest BCUT2D eigenvalue weighted by Crippen LogP contribution is -2.37. The van der Waals surface area contributed by atoms with Crippen molar-refractivity contribution in [2.75, 3.05) is 31.2 Å². The molecule has 112 valence electrons. The van der Waals surface area contributed by atoms with Crippen LogP contribution in [0, 0.1) is 0 Å². The summed E-state index contributed by atoms with van der Waals surface area (Å²) in [6, 6.07) is 4.13. The highest BCUT2D eigenvalue weighted by Crippen LogP contribution is 2.31. The molecule has 4 heterocycles. The standard InChI is InChI=1S/C15H14N4OS2/c1-7-21-9-11(1)13-14(12-2-8-22-10-12)17-18-15(16-13)19-3-5-20-6-4-19/h1-2,7-10H,3-6H2. The topological polar surface area (TPSA) is 51.1 Å². The molecule has 0 amide bonds. The van der Waals surface area contributed by atoms with E-state index < -0.39 is 0 Å². The summed E-state index contributed by atoms with van der Waals surface area (Å²) in [5.41, 5.74) is 3.91. The van der Waals surface area contributed by atoms with Gasteiger partial charge in [-0.2, -0.15) is 22.7 Å². The van der Waals surface area contributed by atoms with E-state index in [2.05, 4.69) is 43.4 Å². The first-order valence-corrected chi connectivity index (χ1v) is 8.93. The Morgan fingerprint density at radius 1 is 0.909 bits per heavy atom. The van der Waals surface area contributed by atoms with E-state index >= 15 is 0 Å². The van der Waals surface area contributed by atoms with Gasteiger partial charge in [-0.15, -0.1) is 10.2 Å². The van der Waals surface area contributed by atoms with E-state index in [-0.39, 0.29) is 0 Å². The number of rotatable bonds is 3. The van der Waals surface area contributed by atoms with Gasteiger partial charge in [0.1, 0.15) is 11.4 Å². The summed E-state index contributed by atoms with van der Waals surface area (Å²) < 4.78 is 5.39. The summed E-state index contributed by atoms with van der Waals surface area (Å²) in [6.07, 6.45) is 0. The van der Waals surface area contributed by atoms with E-state index in [0.717, 1.165) is 35.6 Å². The molecule has 4 rings (SSSR count). The molecule has 1 aliphatic heterocycles. The number of nitrogens with zero attached hydrogens (tertiary/aromatic N) is 4. The summed E-state index contributed by atoms with van der Waals surface area (Å²) in [5, 5.41) is 17.1. The second-order valence-electron chi connectivity index (χ2n) is 4.93. The van der Waals surface area contributed by atoms with Crippen molar-refractivity contribution in [3.63, 3.8) is 0 Å². The maximum Gasteiger partial charge on any atom is 0.246 e. The molecule has 0 radical (unpaired) electrons. The molecule has 0 atom stereocenters. The van der Waals surface area contributed by atoms with E-state index in [1.54, 1.807) is 22.7 Å². The lowest BCUT2D eigenvalue weighted by molar-refractivity contribution is 0.122. The van der Waals surface area contributed by atoms with E-state index in [9.17, 15) is 0 Å². The van der Waals surface area contributed by atoms with Crippen LogP contribution in [0.5, 0.6) is 0 Å². The third kappa shape index (κ3) is 2.63. The van der Waals surface area contributed by atoms with Crippen LogP contribution in [0.25, 0.3) is 22.5 Å². The molecule has 0 saturated carbocycles. The first kappa shape index (κ1) is 13.8. The summed E-state index contributed by atoms with van der Waals surface area (Å²) >= 11 is 3.32. The normalized spacial score (nSPS) is 15.2. The lowest BCUT2D eigenvalue weighted by Gasteiger charge is -2.26. The number of hydrogen-bond donors (Lipinski definition) is 0. The Kier molecular flexibility index (Phi) is 3.84. The molecular formula is C15H14N4OS2. The SMILES string of the molecule is c1cc(-c2nnc(N3CCOCC3)nc2-c2ccsc2)cs1. The van der Waals surface area contributed by atoms with Crippen LogP contribution >= 0.6 is 22.7 Å². The zero-order valence-electron chi connectivity index (χ0n) is 11.8. The van der Waals surface area contributed by atoms with Crippen LogP contribution < -0.4 is 4.90 Å². The second kappa shape index (κ2) is 6.12. The van der Waals surface area contributed by atoms with Gasteiger partial charge in [-0.05, 0) is 22.9 Å². The van der Waals surface area contributed by atoms with Crippen molar-refractivity contribution >= 4 is 28.6 Å². The van der Waals surface area contributed by atoms with Crippen molar-refractivity contribution in [1.82, 2.24) is 15.2 Å². The highest BCUT2D eigenvalue weighted by molar-refractivity contribution is 7.08. The molecule has 3 aromatic heterocycles. The number of anilines is 1. The van der Waals surface area contributed by atoms with Crippen molar-refractivity contribution in [1.29, 1.82) is 0 Å². The van der Waals surface area contributed by atoms with Crippen molar-refractivity contribution in [2.24, 2.45) is 0 Å². The lowest BCUT2D eigenvalue weighted by atomic mass is 10.1. The minimum Gasteiger partial charge on any atom is -0.378 e. The molecule has 0 bridgehead atoms. The Balaban J connectivity index is 1.79. The predicted molar refractivity (Wildman–Crippen MR) is 89.5 cm³/mol. The molecule has 1 saturated heterocycles. The molecule has 22 heavy (non-hydrogen) atoms. The average molecular weight is 330 g/mol. The summed E-state index contributed by atoms with van der Waals surface area (Å²) in [5.74, 6) is 0.684. The summed E-state index contributed by atoms with van der Waals surface area (Å²) in [7, 11) is 0. The molecule has 3 aromatic rings. The van der Waals surface area contributed by atoms with Crippen LogP contribution in [-0.2, 0) is 4.74 Å². The molecule has 1 aliphatic rings. The first-order valence-electron chi connectivity index (χ1n) is 7.04. The van der Waals surface area contributed by atoms with Crippen molar-refractivity contribution < 1.29 is 4.74 Å². The van der Waals surface area contributed by atoms with E-state index in [0.29, 0.717) is 19.2 Å². The Morgan fingerprint density at radius 3 is 2.23 bits per heavy atom. The maximum atomic E-state index is 5.39. The molecule has 0 aliphatic carbocycles.